The van der Waals surface area contributed by atoms with Gasteiger partial charge in [0.05, 0.1) is 17.3 Å². The molecule has 1 aromatic carbocycles. The van der Waals surface area contributed by atoms with Gasteiger partial charge in [-0.15, -0.1) is 0 Å². The Morgan fingerprint density at radius 3 is 2.90 bits per heavy atom. The molecule has 0 amide bonds. The predicted molar refractivity (Wildman–Crippen MR) is 74.4 cm³/mol. The molecule has 1 aliphatic heterocycles. The van der Waals surface area contributed by atoms with Crippen molar-refractivity contribution in [2.75, 3.05) is 0 Å². The molecule has 3 rings (SSSR count). The number of hydrogen-bond donors (Lipinski definition) is 0. The lowest BCUT2D eigenvalue weighted by atomic mass is 9.82. The zero-order chi connectivity index (χ0) is 14.2. The van der Waals surface area contributed by atoms with Gasteiger partial charge in [-0.1, -0.05) is 0 Å². The van der Waals surface area contributed by atoms with E-state index in [1.165, 1.54) is 0 Å². The van der Waals surface area contributed by atoms with Crippen molar-refractivity contribution in [2.45, 2.75) is 31.8 Å². The largest absolute Gasteiger partial charge is 0.488 e. The van der Waals surface area contributed by atoms with E-state index in [4.69, 9.17) is 10.00 Å². The van der Waals surface area contributed by atoms with E-state index < -0.39 is 0 Å². The number of ether oxygens (including phenoxy) is 1. The summed E-state index contributed by atoms with van der Waals surface area (Å²) in [4.78, 5) is 8.34. The lowest BCUT2D eigenvalue weighted by Gasteiger charge is -2.37. The van der Waals surface area contributed by atoms with Gasteiger partial charge < -0.3 is 4.74 Å². The second-order valence-electron chi connectivity index (χ2n) is 5.62. The van der Waals surface area contributed by atoms with Crippen LogP contribution in [-0.4, -0.2) is 15.6 Å². The zero-order valence-electron chi connectivity index (χ0n) is 11.5. The smallest absolute Gasteiger partial charge is 0.124 e. The average Bonchev–Trinajstić information content (AvgIpc) is 2.46. The van der Waals surface area contributed by atoms with Crippen LogP contribution in [0.4, 0.5) is 0 Å². The Morgan fingerprint density at radius 1 is 1.35 bits per heavy atom. The van der Waals surface area contributed by atoms with Crippen LogP contribution < -0.4 is 4.74 Å². The maximum Gasteiger partial charge on any atom is 0.124 e. The Hall–Kier alpha value is -2.41. The molecule has 2 aromatic rings. The van der Waals surface area contributed by atoms with Crippen molar-refractivity contribution < 1.29 is 4.74 Å². The molecule has 1 atom stereocenters. The summed E-state index contributed by atoms with van der Waals surface area (Å²) >= 11 is 0. The van der Waals surface area contributed by atoms with Gasteiger partial charge in [-0.25, -0.2) is 9.97 Å². The van der Waals surface area contributed by atoms with Crippen LogP contribution in [0, 0.1) is 11.3 Å². The summed E-state index contributed by atoms with van der Waals surface area (Å²) in [6.45, 7) is 4.14. The maximum atomic E-state index is 9.08. The van der Waals surface area contributed by atoms with Crippen molar-refractivity contribution in [1.29, 1.82) is 5.26 Å². The number of benzene rings is 1. The van der Waals surface area contributed by atoms with E-state index in [-0.39, 0.29) is 11.5 Å². The van der Waals surface area contributed by atoms with Gasteiger partial charge in [0.2, 0.25) is 0 Å². The third kappa shape index (κ3) is 2.23. The number of fused-ring (bicyclic) bond motifs is 1. The number of aromatic nitrogens is 2. The molecule has 0 fully saturated rings. The Balaban J connectivity index is 2.14. The van der Waals surface area contributed by atoms with E-state index in [1.54, 1.807) is 18.6 Å². The molecule has 1 aliphatic rings. The summed E-state index contributed by atoms with van der Waals surface area (Å²) in [6.07, 6.45) is 4.14. The molecule has 0 saturated heterocycles. The van der Waals surface area contributed by atoms with Gasteiger partial charge in [-0.3, -0.25) is 0 Å². The minimum atomic E-state index is -0.253. The standard InChI is InChI=1S/C16H15N3O/c1-16(2)8-13(14-5-6-18-10-19-14)12-7-11(9-17)3-4-15(12)20-16/h3-7,10,13H,8H2,1-2H3. The Kier molecular flexibility index (Phi) is 2.90. The Labute approximate surface area is 118 Å². The van der Waals surface area contributed by atoms with E-state index in [0.29, 0.717) is 5.56 Å². The van der Waals surface area contributed by atoms with Gasteiger partial charge in [0, 0.05) is 17.7 Å². The average molecular weight is 265 g/mol. The van der Waals surface area contributed by atoms with E-state index >= 15 is 0 Å². The Bertz CT molecular complexity index is 674. The predicted octanol–water partition coefficient (Wildman–Crippen LogP) is 3.04. The summed E-state index contributed by atoms with van der Waals surface area (Å²) in [6, 6.07) is 9.67. The highest BCUT2D eigenvalue weighted by Gasteiger charge is 2.35. The second-order valence-corrected chi connectivity index (χ2v) is 5.62. The maximum absolute atomic E-state index is 9.08. The molecule has 2 heterocycles. The topological polar surface area (TPSA) is 58.8 Å². The molecule has 4 heteroatoms. The van der Waals surface area contributed by atoms with Gasteiger partial charge in [0.1, 0.15) is 17.7 Å². The fraction of sp³-hybridized carbons (Fsp3) is 0.312. The number of hydrogen-bond acceptors (Lipinski definition) is 4. The Morgan fingerprint density at radius 2 is 2.20 bits per heavy atom. The second kappa shape index (κ2) is 4.61. The zero-order valence-corrected chi connectivity index (χ0v) is 11.5. The van der Waals surface area contributed by atoms with Crippen LogP contribution in [0.3, 0.4) is 0 Å². The van der Waals surface area contributed by atoms with Crippen LogP contribution >= 0.6 is 0 Å². The van der Waals surface area contributed by atoms with Gasteiger partial charge in [0.25, 0.3) is 0 Å². The minimum absolute atomic E-state index is 0.130. The first-order valence-electron chi connectivity index (χ1n) is 6.58. The monoisotopic (exact) mass is 265 g/mol. The molecular weight excluding hydrogens is 250 g/mol. The van der Waals surface area contributed by atoms with Crippen LogP contribution in [0.25, 0.3) is 0 Å². The van der Waals surface area contributed by atoms with E-state index in [9.17, 15) is 0 Å². The molecule has 0 aliphatic carbocycles. The summed E-state index contributed by atoms with van der Waals surface area (Å²) in [5.74, 6) is 0.967. The fourth-order valence-electron chi connectivity index (χ4n) is 2.70. The van der Waals surface area contributed by atoms with Gasteiger partial charge in [-0.05, 0) is 44.5 Å². The lowest BCUT2D eigenvalue weighted by molar-refractivity contribution is 0.0769. The highest BCUT2D eigenvalue weighted by Crippen LogP contribution is 2.43. The van der Waals surface area contributed by atoms with Crippen molar-refractivity contribution in [3.8, 4) is 11.8 Å². The quantitative estimate of drug-likeness (QED) is 0.795. The normalized spacial score (nSPS) is 19.6. The number of nitriles is 1. The molecule has 0 spiro atoms. The summed E-state index contributed by atoms with van der Waals surface area (Å²) in [7, 11) is 0. The van der Waals surface area contributed by atoms with Crippen molar-refractivity contribution in [2.24, 2.45) is 0 Å². The first-order chi connectivity index (χ1) is 9.59. The molecule has 0 bridgehead atoms. The van der Waals surface area contributed by atoms with Gasteiger partial charge >= 0.3 is 0 Å². The molecule has 1 aromatic heterocycles. The van der Waals surface area contributed by atoms with Crippen molar-refractivity contribution in [3.05, 3.63) is 53.6 Å². The third-order valence-electron chi connectivity index (χ3n) is 3.56. The van der Waals surface area contributed by atoms with Gasteiger partial charge in [-0.2, -0.15) is 5.26 Å². The van der Waals surface area contributed by atoms with E-state index in [2.05, 4.69) is 29.9 Å². The SMILES string of the molecule is CC1(C)CC(c2ccncn2)c2cc(C#N)ccc2O1. The van der Waals surface area contributed by atoms with E-state index in [0.717, 1.165) is 23.4 Å². The van der Waals surface area contributed by atoms with Crippen molar-refractivity contribution in [1.82, 2.24) is 9.97 Å². The molecule has 0 radical (unpaired) electrons. The molecule has 100 valence electrons. The van der Waals surface area contributed by atoms with Crippen LogP contribution in [0.1, 0.15) is 43.0 Å². The molecular formula is C16H15N3O. The molecule has 0 saturated carbocycles. The molecule has 4 nitrogen and oxygen atoms in total. The van der Waals surface area contributed by atoms with Crippen molar-refractivity contribution >= 4 is 0 Å². The van der Waals surface area contributed by atoms with Crippen LogP contribution in [-0.2, 0) is 0 Å². The highest BCUT2D eigenvalue weighted by molar-refractivity contribution is 5.48. The molecule has 20 heavy (non-hydrogen) atoms. The number of nitrogens with zero attached hydrogens (tertiary/aromatic N) is 3. The minimum Gasteiger partial charge on any atom is -0.488 e. The van der Waals surface area contributed by atoms with Gasteiger partial charge in [0.15, 0.2) is 0 Å². The lowest BCUT2D eigenvalue weighted by Crippen LogP contribution is -2.35. The first-order valence-corrected chi connectivity index (χ1v) is 6.58. The molecule has 0 N–H and O–H groups in total. The summed E-state index contributed by atoms with van der Waals surface area (Å²) in [5, 5.41) is 9.08. The van der Waals surface area contributed by atoms with Crippen LogP contribution in [0.2, 0.25) is 0 Å². The van der Waals surface area contributed by atoms with Crippen LogP contribution in [0.15, 0.2) is 36.8 Å². The number of rotatable bonds is 1. The van der Waals surface area contributed by atoms with E-state index in [1.807, 2.05) is 18.2 Å². The first kappa shape index (κ1) is 12.6. The van der Waals surface area contributed by atoms with Crippen molar-refractivity contribution in [3.63, 3.8) is 0 Å². The fourth-order valence-corrected chi connectivity index (χ4v) is 2.70. The third-order valence-corrected chi connectivity index (χ3v) is 3.56. The molecule has 1 unspecified atom stereocenters. The summed E-state index contributed by atoms with van der Waals surface area (Å²) in [5.41, 5.74) is 2.39. The summed E-state index contributed by atoms with van der Waals surface area (Å²) < 4.78 is 6.02. The highest BCUT2D eigenvalue weighted by atomic mass is 16.5. The van der Waals surface area contributed by atoms with Crippen LogP contribution in [0.5, 0.6) is 5.75 Å².